The minimum Gasteiger partial charge on any atom is -0.352 e. The lowest BCUT2D eigenvalue weighted by Gasteiger charge is -2.11. The Hall–Kier alpha value is -1.84. The third kappa shape index (κ3) is 3.06. The second-order valence-electron chi connectivity index (χ2n) is 4.38. The summed E-state index contributed by atoms with van der Waals surface area (Å²) in [7, 11) is 0. The molecule has 0 aromatic heterocycles. The van der Waals surface area contributed by atoms with Crippen molar-refractivity contribution in [1.82, 2.24) is 10.6 Å². The van der Waals surface area contributed by atoms with Crippen LogP contribution < -0.4 is 10.6 Å². The topological polar surface area (TPSA) is 58.2 Å². The van der Waals surface area contributed by atoms with Crippen LogP contribution in [0.4, 0.5) is 0 Å². The quantitative estimate of drug-likeness (QED) is 0.817. The van der Waals surface area contributed by atoms with Crippen molar-refractivity contribution in [1.29, 1.82) is 0 Å². The maximum Gasteiger partial charge on any atom is 0.251 e. The van der Waals surface area contributed by atoms with E-state index in [0.29, 0.717) is 18.5 Å². The van der Waals surface area contributed by atoms with E-state index >= 15 is 0 Å². The van der Waals surface area contributed by atoms with E-state index in [2.05, 4.69) is 10.6 Å². The van der Waals surface area contributed by atoms with Crippen molar-refractivity contribution in [2.24, 2.45) is 0 Å². The molecule has 1 aliphatic heterocycles. The molecular weight excluding hydrogens is 216 g/mol. The van der Waals surface area contributed by atoms with Gasteiger partial charge < -0.3 is 10.6 Å². The number of hydrogen-bond acceptors (Lipinski definition) is 2. The van der Waals surface area contributed by atoms with Gasteiger partial charge in [-0.05, 0) is 25.5 Å². The highest BCUT2D eigenvalue weighted by Gasteiger charge is 2.20. The Balaban J connectivity index is 1.85. The first-order valence-electron chi connectivity index (χ1n) is 5.79. The van der Waals surface area contributed by atoms with E-state index in [9.17, 15) is 9.59 Å². The van der Waals surface area contributed by atoms with Crippen LogP contribution in [0.25, 0.3) is 0 Å². The molecule has 1 heterocycles. The summed E-state index contributed by atoms with van der Waals surface area (Å²) < 4.78 is 0. The summed E-state index contributed by atoms with van der Waals surface area (Å²) >= 11 is 0. The molecule has 2 N–H and O–H groups in total. The number of aryl methyl sites for hydroxylation is 1. The monoisotopic (exact) mass is 232 g/mol. The summed E-state index contributed by atoms with van der Waals surface area (Å²) in [5.74, 6) is -0.0225. The fraction of sp³-hybridized carbons (Fsp3) is 0.385. The highest BCUT2D eigenvalue weighted by Crippen LogP contribution is 2.06. The van der Waals surface area contributed by atoms with Crippen LogP contribution in [0, 0.1) is 6.92 Å². The highest BCUT2D eigenvalue weighted by atomic mass is 16.2. The van der Waals surface area contributed by atoms with E-state index < -0.39 is 0 Å². The SMILES string of the molecule is Cc1ccc(C(=O)NCC2CCC(=O)N2)cc1. The van der Waals surface area contributed by atoms with Crippen molar-refractivity contribution in [3.63, 3.8) is 0 Å². The fourth-order valence-corrected chi connectivity index (χ4v) is 1.85. The first-order chi connectivity index (χ1) is 8.15. The first-order valence-corrected chi connectivity index (χ1v) is 5.79. The number of benzene rings is 1. The molecule has 1 saturated heterocycles. The molecule has 1 fully saturated rings. The average molecular weight is 232 g/mol. The summed E-state index contributed by atoms with van der Waals surface area (Å²) in [5.41, 5.74) is 1.78. The summed E-state index contributed by atoms with van der Waals surface area (Å²) in [6.45, 7) is 2.48. The maximum atomic E-state index is 11.8. The summed E-state index contributed by atoms with van der Waals surface area (Å²) in [4.78, 5) is 22.8. The van der Waals surface area contributed by atoms with Crippen LogP contribution in [0.5, 0.6) is 0 Å². The van der Waals surface area contributed by atoms with Gasteiger partial charge in [-0.15, -0.1) is 0 Å². The Kier molecular flexibility index (Phi) is 3.42. The van der Waals surface area contributed by atoms with Crippen LogP contribution in [0.2, 0.25) is 0 Å². The average Bonchev–Trinajstić information content (AvgIpc) is 2.73. The smallest absolute Gasteiger partial charge is 0.251 e. The zero-order chi connectivity index (χ0) is 12.3. The second-order valence-corrected chi connectivity index (χ2v) is 4.38. The highest BCUT2D eigenvalue weighted by molar-refractivity contribution is 5.94. The van der Waals surface area contributed by atoms with E-state index in [0.717, 1.165) is 12.0 Å². The van der Waals surface area contributed by atoms with Crippen molar-refractivity contribution in [2.45, 2.75) is 25.8 Å². The van der Waals surface area contributed by atoms with Gasteiger partial charge in [0.05, 0.1) is 0 Å². The molecule has 1 aromatic carbocycles. The number of carbonyl (C=O) groups is 2. The number of rotatable bonds is 3. The van der Waals surface area contributed by atoms with Crippen LogP contribution >= 0.6 is 0 Å². The van der Waals surface area contributed by atoms with E-state index in [4.69, 9.17) is 0 Å². The third-order valence-corrected chi connectivity index (χ3v) is 2.91. The molecule has 4 nitrogen and oxygen atoms in total. The molecule has 90 valence electrons. The van der Waals surface area contributed by atoms with Gasteiger partial charge in [-0.1, -0.05) is 17.7 Å². The van der Waals surface area contributed by atoms with E-state index in [1.54, 1.807) is 12.1 Å². The Morgan fingerprint density at radius 2 is 2.12 bits per heavy atom. The van der Waals surface area contributed by atoms with Gasteiger partial charge in [0.2, 0.25) is 5.91 Å². The van der Waals surface area contributed by atoms with E-state index in [1.165, 1.54) is 0 Å². The number of hydrogen-bond donors (Lipinski definition) is 2. The number of nitrogens with one attached hydrogen (secondary N) is 2. The first kappa shape index (κ1) is 11.6. The van der Waals surface area contributed by atoms with Gasteiger partial charge in [0.25, 0.3) is 5.91 Å². The second kappa shape index (κ2) is 4.99. The van der Waals surface area contributed by atoms with Crippen molar-refractivity contribution < 1.29 is 9.59 Å². The zero-order valence-corrected chi connectivity index (χ0v) is 9.82. The normalized spacial score (nSPS) is 18.9. The molecule has 0 radical (unpaired) electrons. The molecule has 2 amide bonds. The largest absolute Gasteiger partial charge is 0.352 e. The molecule has 17 heavy (non-hydrogen) atoms. The predicted molar refractivity (Wildman–Crippen MR) is 64.7 cm³/mol. The van der Waals surface area contributed by atoms with Gasteiger partial charge in [-0.2, -0.15) is 0 Å². The van der Waals surface area contributed by atoms with Gasteiger partial charge in [-0.3, -0.25) is 9.59 Å². The lowest BCUT2D eigenvalue weighted by Crippen LogP contribution is -2.38. The molecule has 1 unspecified atom stereocenters. The molecule has 0 aliphatic carbocycles. The Morgan fingerprint density at radius 1 is 1.41 bits per heavy atom. The molecule has 2 rings (SSSR count). The van der Waals surface area contributed by atoms with E-state index in [-0.39, 0.29) is 17.9 Å². The van der Waals surface area contributed by atoms with Gasteiger partial charge in [0.15, 0.2) is 0 Å². The van der Waals surface area contributed by atoms with Crippen LogP contribution in [0.15, 0.2) is 24.3 Å². The molecular formula is C13H16N2O2. The lowest BCUT2D eigenvalue weighted by atomic mass is 10.1. The summed E-state index contributed by atoms with van der Waals surface area (Å²) in [6.07, 6.45) is 1.36. The van der Waals surface area contributed by atoms with Crippen LogP contribution in [0.3, 0.4) is 0 Å². The van der Waals surface area contributed by atoms with Crippen molar-refractivity contribution >= 4 is 11.8 Å². The lowest BCUT2D eigenvalue weighted by molar-refractivity contribution is -0.119. The molecule has 0 spiro atoms. The van der Waals surface area contributed by atoms with Crippen LogP contribution in [0.1, 0.15) is 28.8 Å². The zero-order valence-electron chi connectivity index (χ0n) is 9.82. The molecule has 1 atom stereocenters. The molecule has 0 bridgehead atoms. The van der Waals surface area contributed by atoms with Gasteiger partial charge in [-0.25, -0.2) is 0 Å². The van der Waals surface area contributed by atoms with E-state index in [1.807, 2.05) is 19.1 Å². The fourth-order valence-electron chi connectivity index (χ4n) is 1.85. The van der Waals surface area contributed by atoms with Crippen LogP contribution in [-0.4, -0.2) is 24.4 Å². The standard InChI is InChI=1S/C13H16N2O2/c1-9-2-4-10(5-3-9)13(17)14-8-11-6-7-12(16)15-11/h2-5,11H,6-8H2,1H3,(H,14,17)(H,15,16). The van der Waals surface area contributed by atoms with Gasteiger partial charge >= 0.3 is 0 Å². The van der Waals surface area contributed by atoms with Gasteiger partial charge in [0, 0.05) is 24.6 Å². The van der Waals surface area contributed by atoms with Gasteiger partial charge in [0.1, 0.15) is 0 Å². The minimum atomic E-state index is -0.0915. The minimum absolute atomic E-state index is 0.0691. The van der Waals surface area contributed by atoms with Crippen molar-refractivity contribution in [3.05, 3.63) is 35.4 Å². The Morgan fingerprint density at radius 3 is 2.71 bits per heavy atom. The molecule has 0 saturated carbocycles. The molecule has 4 heteroatoms. The molecule has 1 aromatic rings. The summed E-state index contributed by atoms with van der Waals surface area (Å²) in [5, 5.41) is 5.64. The number of amides is 2. The maximum absolute atomic E-state index is 11.8. The van der Waals surface area contributed by atoms with Crippen molar-refractivity contribution in [3.8, 4) is 0 Å². The Labute approximate surface area is 100 Å². The van der Waals surface area contributed by atoms with Crippen molar-refractivity contribution in [2.75, 3.05) is 6.54 Å². The molecule has 1 aliphatic rings. The summed E-state index contributed by atoms with van der Waals surface area (Å²) in [6, 6.07) is 7.51. The Bertz CT molecular complexity index is 426. The third-order valence-electron chi connectivity index (χ3n) is 2.91. The predicted octanol–water partition coefficient (Wildman–Crippen LogP) is 1.00. The number of carbonyl (C=O) groups excluding carboxylic acids is 2. The van der Waals surface area contributed by atoms with Crippen LogP contribution in [-0.2, 0) is 4.79 Å².